The molecule has 0 aromatic heterocycles. The molecule has 0 heterocycles. The van der Waals surface area contributed by atoms with E-state index in [0.717, 1.165) is 19.3 Å². The summed E-state index contributed by atoms with van der Waals surface area (Å²) in [6, 6.07) is 8.01. The minimum atomic E-state index is -3.01. The molecule has 0 spiro atoms. The number of benzene rings is 1. The van der Waals surface area contributed by atoms with Gasteiger partial charge in [0.15, 0.2) is 0 Å². The summed E-state index contributed by atoms with van der Waals surface area (Å²) in [6.07, 6.45) is 21.2. The van der Waals surface area contributed by atoms with Crippen molar-refractivity contribution in [1.29, 1.82) is 0 Å². The lowest BCUT2D eigenvalue weighted by atomic mass is 10.0. The van der Waals surface area contributed by atoms with Crippen LogP contribution in [0.4, 0.5) is 0 Å². The van der Waals surface area contributed by atoms with Gasteiger partial charge in [0.1, 0.15) is 5.75 Å². The highest BCUT2D eigenvalue weighted by Crippen LogP contribution is 2.50. The molecule has 1 aromatic carbocycles. The maximum absolute atomic E-state index is 13.0. The molecule has 0 amide bonds. The maximum atomic E-state index is 13.0. The Bertz CT molecular complexity index is 699. The molecule has 1 rings (SSSR count). The van der Waals surface area contributed by atoms with Crippen molar-refractivity contribution in [3.05, 3.63) is 66.8 Å². The van der Waals surface area contributed by atoms with Crippen LogP contribution in [-0.2, 0) is 11.0 Å². The van der Waals surface area contributed by atoms with Crippen LogP contribution in [0.1, 0.15) is 56.9 Å². The number of hydrogen-bond acceptors (Lipinski definition) is 2. The molecule has 30 heavy (non-hydrogen) atoms. The summed E-state index contributed by atoms with van der Waals surface area (Å²) in [5, 5.41) is 0. The Kier molecular flexibility index (Phi) is 13.4. The van der Waals surface area contributed by atoms with E-state index in [1.54, 1.807) is 37.5 Å². The van der Waals surface area contributed by atoms with Crippen molar-refractivity contribution in [1.82, 2.24) is 9.34 Å². The summed E-state index contributed by atoms with van der Waals surface area (Å²) in [7, 11) is 4.11. The van der Waals surface area contributed by atoms with E-state index in [-0.39, 0.29) is 0 Å². The Hall–Kier alpha value is -1.61. The number of hydrogen-bond donors (Lipinski definition) is 0. The molecule has 0 fully saturated rings. The Morgan fingerprint density at radius 3 is 2.23 bits per heavy atom. The van der Waals surface area contributed by atoms with E-state index in [2.05, 4.69) is 36.9 Å². The summed E-state index contributed by atoms with van der Waals surface area (Å²) >= 11 is 0. The smallest absolute Gasteiger partial charge is 0.394 e. The van der Waals surface area contributed by atoms with Gasteiger partial charge in [-0.15, -0.1) is 6.58 Å². The maximum Gasteiger partial charge on any atom is 0.394 e. The second-order valence-electron chi connectivity index (χ2n) is 7.93. The predicted octanol–water partition coefficient (Wildman–Crippen LogP) is 7.26. The predicted molar refractivity (Wildman–Crippen MR) is 131 cm³/mol. The molecule has 0 aliphatic rings. The van der Waals surface area contributed by atoms with E-state index in [1.807, 2.05) is 24.3 Å². The minimum Gasteiger partial charge on any atom is -0.422 e. The van der Waals surface area contributed by atoms with Crippen LogP contribution in [0.5, 0.6) is 5.75 Å². The van der Waals surface area contributed by atoms with Crippen LogP contribution in [0.25, 0.3) is 0 Å². The van der Waals surface area contributed by atoms with E-state index in [4.69, 9.17) is 4.52 Å². The summed E-state index contributed by atoms with van der Waals surface area (Å²) in [4.78, 5) is 0. The van der Waals surface area contributed by atoms with E-state index in [9.17, 15) is 4.57 Å². The summed E-state index contributed by atoms with van der Waals surface area (Å²) in [6.45, 7) is 3.71. The highest BCUT2D eigenvalue weighted by atomic mass is 31.2. The van der Waals surface area contributed by atoms with Gasteiger partial charge in [-0.05, 0) is 84.4 Å². The van der Waals surface area contributed by atoms with Crippen LogP contribution < -0.4 is 4.52 Å². The van der Waals surface area contributed by atoms with Crippen LogP contribution in [0, 0.1) is 0 Å². The number of aryl methyl sites for hydroxylation is 1. The lowest BCUT2D eigenvalue weighted by Crippen LogP contribution is -2.24. The quantitative estimate of drug-likeness (QED) is 0.156. The normalized spacial score (nSPS) is 12.5. The van der Waals surface area contributed by atoms with Crippen molar-refractivity contribution in [3.8, 4) is 5.75 Å². The van der Waals surface area contributed by atoms with Gasteiger partial charge in [0, 0.05) is 0 Å². The van der Waals surface area contributed by atoms with Gasteiger partial charge < -0.3 is 4.52 Å². The van der Waals surface area contributed by atoms with Crippen molar-refractivity contribution in [2.45, 2.75) is 57.8 Å². The molecule has 0 saturated heterocycles. The number of rotatable bonds is 16. The van der Waals surface area contributed by atoms with Gasteiger partial charge in [-0.25, -0.2) is 13.9 Å². The van der Waals surface area contributed by atoms with Crippen LogP contribution in [0.15, 0.2) is 61.2 Å². The van der Waals surface area contributed by atoms with E-state index in [1.165, 1.54) is 44.1 Å². The summed E-state index contributed by atoms with van der Waals surface area (Å²) < 4.78 is 22.2. The number of nitrogens with zero attached hydrogens (tertiary/aromatic N) is 2. The molecule has 0 radical (unpaired) electrons. The summed E-state index contributed by atoms with van der Waals surface area (Å²) in [5.74, 6) is 0.671. The van der Waals surface area contributed by atoms with Gasteiger partial charge in [0.2, 0.25) is 0 Å². The lowest BCUT2D eigenvalue weighted by Gasteiger charge is -2.29. The molecule has 1 aromatic rings. The topological polar surface area (TPSA) is 32.8 Å². The number of allylic oxidation sites excluding steroid dienone is 5. The first-order valence-electron chi connectivity index (χ1n) is 11.0. The lowest BCUT2D eigenvalue weighted by molar-refractivity contribution is 0.354. The van der Waals surface area contributed by atoms with Crippen molar-refractivity contribution in [2.75, 3.05) is 28.2 Å². The standard InChI is InChI=1S/C25H41N2O2P/c1-6-7-8-9-10-11-12-13-14-15-16-17-18-20-24-21-19-22-25(23-24)29-30(28,26(2)3)27(4)5/h6,8-9,11-12,19,21-23H,1,7,10,13-18,20H2,2-5H3/b9-8+,12-11+. The molecule has 168 valence electrons. The first kappa shape index (κ1) is 26.4. The minimum absolute atomic E-state index is 0.671. The van der Waals surface area contributed by atoms with Crippen LogP contribution >= 0.6 is 7.67 Å². The van der Waals surface area contributed by atoms with E-state index < -0.39 is 7.67 Å². The average molecular weight is 433 g/mol. The van der Waals surface area contributed by atoms with Gasteiger partial charge in [0.05, 0.1) is 0 Å². The Balaban J connectivity index is 2.25. The second-order valence-corrected chi connectivity index (χ2v) is 10.7. The fourth-order valence-corrected chi connectivity index (χ4v) is 4.55. The van der Waals surface area contributed by atoms with Crippen molar-refractivity contribution in [2.24, 2.45) is 0 Å². The molecule has 0 aliphatic carbocycles. The molecular weight excluding hydrogens is 391 g/mol. The molecule has 5 heteroatoms. The zero-order valence-corrected chi connectivity index (χ0v) is 20.3. The third-order valence-electron chi connectivity index (χ3n) is 4.88. The third kappa shape index (κ3) is 10.4. The zero-order valence-electron chi connectivity index (χ0n) is 19.4. The van der Waals surface area contributed by atoms with Crippen LogP contribution in [0.2, 0.25) is 0 Å². The van der Waals surface area contributed by atoms with E-state index in [0.29, 0.717) is 5.75 Å². The molecule has 0 atom stereocenters. The molecule has 0 saturated carbocycles. The van der Waals surface area contributed by atoms with Crippen LogP contribution in [-0.4, -0.2) is 37.5 Å². The van der Waals surface area contributed by atoms with Gasteiger partial charge in [0.25, 0.3) is 0 Å². The fraction of sp³-hybridized carbons (Fsp3) is 0.520. The molecule has 4 nitrogen and oxygen atoms in total. The molecular formula is C25H41N2O2P. The van der Waals surface area contributed by atoms with Crippen molar-refractivity contribution < 1.29 is 9.09 Å². The second kappa shape index (κ2) is 15.2. The first-order valence-corrected chi connectivity index (χ1v) is 12.6. The molecule has 0 N–H and O–H groups in total. The third-order valence-corrected chi connectivity index (χ3v) is 7.35. The Labute approximate surface area is 184 Å². The number of unbranched alkanes of at least 4 members (excludes halogenated alkanes) is 5. The Morgan fingerprint density at radius 2 is 1.53 bits per heavy atom. The monoisotopic (exact) mass is 432 g/mol. The first-order chi connectivity index (χ1) is 14.4. The van der Waals surface area contributed by atoms with E-state index >= 15 is 0 Å². The van der Waals surface area contributed by atoms with Crippen molar-refractivity contribution >= 4 is 7.67 Å². The van der Waals surface area contributed by atoms with Crippen molar-refractivity contribution in [3.63, 3.8) is 0 Å². The van der Waals surface area contributed by atoms with Gasteiger partial charge in [-0.1, -0.05) is 61.8 Å². The molecule has 0 unspecified atom stereocenters. The SMILES string of the molecule is C=CC/C=C/C/C=C/CCCCCCCc1cccc(OP(=O)(N(C)C)N(C)C)c1. The van der Waals surface area contributed by atoms with Gasteiger partial charge >= 0.3 is 7.67 Å². The van der Waals surface area contributed by atoms with Crippen LogP contribution in [0.3, 0.4) is 0 Å². The highest BCUT2D eigenvalue weighted by molar-refractivity contribution is 7.54. The zero-order chi connectivity index (χ0) is 22.2. The Morgan fingerprint density at radius 1 is 0.900 bits per heavy atom. The largest absolute Gasteiger partial charge is 0.422 e. The average Bonchev–Trinajstić information content (AvgIpc) is 2.71. The highest BCUT2D eigenvalue weighted by Gasteiger charge is 2.31. The summed E-state index contributed by atoms with van der Waals surface area (Å²) in [5.41, 5.74) is 1.24. The molecule has 0 bridgehead atoms. The van der Waals surface area contributed by atoms with Gasteiger partial charge in [-0.2, -0.15) is 0 Å². The fourth-order valence-electron chi connectivity index (χ4n) is 3.12. The van der Waals surface area contributed by atoms with Gasteiger partial charge in [-0.3, -0.25) is 0 Å². The molecule has 0 aliphatic heterocycles.